The molecule has 0 spiro atoms. The van der Waals surface area contributed by atoms with Crippen molar-refractivity contribution in [3.63, 3.8) is 0 Å². The van der Waals surface area contributed by atoms with E-state index in [2.05, 4.69) is 10.6 Å². The Balaban J connectivity index is 1.80. The van der Waals surface area contributed by atoms with Gasteiger partial charge in [0.05, 0.1) is 12.1 Å². The maximum atomic E-state index is 11.9. The Labute approximate surface area is 124 Å². The normalized spacial score (nSPS) is 15.9. The van der Waals surface area contributed by atoms with Crippen LogP contribution in [0.2, 0.25) is 5.02 Å². The first kappa shape index (κ1) is 15.1. The van der Waals surface area contributed by atoms with Crippen LogP contribution in [0.15, 0.2) is 18.2 Å². The Kier molecular flexibility index (Phi) is 5.68. The number of nitrogens with one attached hydrogen (secondary N) is 2. The molecule has 4 nitrogen and oxygen atoms in total. The first-order valence-corrected chi connectivity index (χ1v) is 7.41. The van der Waals surface area contributed by atoms with Crippen LogP contribution in [0.25, 0.3) is 0 Å². The zero-order valence-corrected chi connectivity index (χ0v) is 12.5. The van der Waals surface area contributed by atoms with Gasteiger partial charge < -0.3 is 15.4 Å². The summed E-state index contributed by atoms with van der Waals surface area (Å²) in [6, 6.07) is 5.26. The molecule has 1 aromatic rings. The Morgan fingerprint density at radius 3 is 2.85 bits per heavy atom. The maximum absolute atomic E-state index is 11.9. The van der Waals surface area contributed by atoms with Gasteiger partial charge in [-0.2, -0.15) is 0 Å². The van der Waals surface area contributed by atoms with Crippen LogP contribution < -0.4 is 15.4 Å². The molecule has 0 bridgehead atoms. The molecule has 0 aliphatic carbocycles. The number of ether oxygens (including phenoxy) is 1. The van der Waals surface area contributed by atoms with Gasteiger partial charge in [0.15, 0.2) is 0 Å². The molecular weight excluding hydrogens is 276 g/mol. The van der Waals surface area contributed by atoms with Crippen molar-refractivity contribution in [3.8, 4) is 5.75 Å². The number of hydrogen-bond donors (Lipinski definition) is 2. The van der Waals surface area contributed by atoms with Gasteiger partial charge in [0.2, 0.25) is 5.91 Å². The number of methoxy groups -OCH3 is 1. The fraction of sp³-hybridized carbons (Fsp3) is 0.533. The van der Waals surface area contributed by atoms with Gasteiger partial charge >= 0.3 is 0 Å². The number of anilines is 1. The number of carbonyl (C=O) groups is 1. The molecule has 1 heterocycles. The minimum Gasteiger partial charge on any atom is -0.495 e. The lowest BCUT2D eigenvalue weighted by molar-refractivity contribution is -0.116. The first-order chi connectivity index (χ1) is 9.69. The standard InChI is InChI=1S/C15H21ClN2O2/c1-20-14-4-3-12(10-13(14)16)18-15(19)5-2-11-6-8-17-9-7-11/h3-4,10-11,17H,2,5-9H2,1H3,(H,18,19). The van der Waals surface area contributed by atoms with Crippen LogP contribution in [0.5, 0.6) is 5.75 Å². The molecule has 1 aliphatic rings. The second-order valence-electron chi connectivity index (χ2n) is 5.13. The van der Waals surface area contributed by atoms with Crippen LogP contribution in [0.3, 0.4) is 0 Å². The van der Waals surface area contributed by atoms with Crippen LogP contribution >= 0.6 is 11.6 Å². The summed E-state index contributed by atoms with van der Waals surface area (Å²) in [5.41, 5.74) is 0.714. The van der Waals surface area contributed by atoms with E-state index in [0.717, 1.165) is 19.5 Å². The molecule has 2 N–H and O–H groups in total. The second-order valence-corrected chi connectivity index (χ2v) is 5.54. The molecule has 2 rings (SSSR count). The molecule has 110 valence electrons. The average molecular weight is 297 g/mol. The highest BCUT2D eigenvalue weighted by atomic mass is 35.5. The summed E-state index contributed by atoms with van der Waals surface area (Å²) in [4.78, 5) is 11.9. The predicted octanol–water partition coefficient (Wildman–Crippen LogP) is 3.07. The second kappa shape index (κ2) is 7.50. The topological polar surface area (TPSA) is 50.4 Å². The Bertz CT molecular complexity index is 459. The third kappa shape index (κ3) is 4.39. The van der Waals surface area contributed by atoms with Crippen molar-refractivity contribution >= 4 is 23.2 Å². The summed E-state index contributed by atoms with van der Waals surface area (Å²) in [5.74, 6) is 1.32. The van der Waals surface area contributed by atoms with E-state index in [9.17, 15) is 4.79 Å². The first-order valence-electron chi connectivity index (χ1n) is 7.03. The molecular formula is C15H21ClN2O2. The highest BCUT2D eigenvalue weighted by Gasteiger charge is 2.14. The van der Waals surface area contributed by atoms with Crippen molar-refractivity contribution in [1.29, 1.82) is 0 Å². The van der Waals surface area contributed by atoms with Gasteiger partial charge in [-0.25, -0.2) is 0 Å². The zero-order valence-electron chi connectivity index (χ0n) is 11.7. The van der Waals surface area contributed by atoms with Crippen LogP contribution in [-0.2, 0) is 4.79 Å². The molecule has 0 atom stereocenters. The monoisotopic (exact) mass is 296 g/mol. The van der Waals surface area contributed by atoms with E-state index in [-0.39, 0.29) is 5.91 Å². The molecule has 0 saturated carbocycles. The largest absolute Gasteiger partial charge is 0.495 e. The molecule has 1 saturated heterocycles. The SMILES string of the molecule is COc1ccc(NC(=O)CCC2CCNCC2)cc1Cl. The van der Waals surface area contributed by atoms with Gasteiger partial charge in [-0.3, -0.25) is 4.79 Å². The lowest BCUT2D eigenvalue weighted by Crippen LogP contribution is -2.28. The van der Waals surface area contributed by atoms with E-state index in [0.29, 0.717) is 28.8 Å². The highest BCUT2D eigenvalue weighted by Crippen LogP contribution is 2.27. The molecule has 1 aromatic carbocycles. The number of amides is 1. The lowest BCUT2D eigenvalue weighted by Gasteiger charge is -2.22. The van der Waals surface area contributed by atoms with E-state index in [1.165, 1.54) is 12.8 Å². The Hall–Kier alpha value is -1.26. The maximum Gasteiger partial charge on any atom is 0.224 e. The van der Waals surface area contributed by atoms with Crippen LogP contribution in [0, 0.1) is 5.92 Å². The number of piperidine rings is 1. The molecule has 20 heavy (non-hydrogen) atoms. The number of halogens is 1. The number of hydrogen-bond acceptors (Lipinski definition) is 3. The van der Waals surface area contributed by atoms with E-state index in [1.54, 1.807) is 25.3 Å². The van der Waals surface area contributed by atoms with Crippen LogP contribution in [0.1, 0.15) is 25.7 Å². The summed E-state index contributed by atoms with van der Waals surface area (Å²) in [5, 5.41) is 6.71. The summed E-state index contributed by atoms with van der Waals surface area (Å²) in [6.07, 6.45) is 3.86. The minimum absolute atomic E-state index is 0.0461. The number of rotatable bonds is 5. The molecule has 0 aromatic heterocycles. The van der Waals surface area contributed by atoms with Crippen molar-refractivity contribution in [2.75, 3.05) is 25.5 Å². The van der Waals surface area contributed by atoms with Crippen molar-refractivity contribution in [3.05, 3.63) is 23.2 Å². The summed E-state index contributed by atoms with van der Waals surface area (Å²) in [7, 11) is 1.57. The molecule has 1 amide bonds. The van der Waals surface area contributed by atoms with Crippen molar-refractivity contribution in [2.45, 2.75) is 25.7 Å². The van der Waals surface area contributed by atoms with Crippen molar-refractivity contribution in [2.24, 2.45) is 5.92 Å². The average Bonchev–Trinajstić information content (AvgIpc) is 2.46. The Morgan fingerprint density at radius 1 is 1.45 bits per heavy atom. The van der Waals surface area contributed by atoms with Crippen molar-refractivity contribution in [1.82, 2.24) is 5.32 Å². The van der Waals surface area contributed by atoms with Gasteiger partial charge in [0, 0.05) is 12.1 Å². The summed E-state index contributed by atoms with van der Waals surface area (Å²) in [6.45, 7) is 2.14. The molecule has 0 radical (unpaired) electrons. The summed E-state index contributed by atoms with van der Waals surface area (Å²) >= 11 is 6.03. The molecule has 0 unspecified atom stereocenters. The van der Waals surface area contributed by atoms with Crippen molar-refractivity contribution < 1.29 is 9.53 Å². The van der Waals surface area contributed by atoms with E-state index in [1.807, 2.05) is 0 Å². The molecule has 1 fully saturated rings. The minimum atomic E-state index is 0.0461. The van der Waals surface area contributed by atoms with E-state index < -0.39 is 0 Å². The van der Waals surface area contributed by atoms with Gasteiger partial charge in [0.1, 0.15) is 5.75 Å². The van der Waals surface area contributed by atoms with Gasteiger partial charge in [-0.05, 0) is 56.5 Å². The predicted molar refractivity (Wildman–Crippen MR) is 81.5 cm³/mol. The van der Waals surface area contributed by atoms with Crippen LogP contribution in [0.4, 0.5) is 5.69 Å². The van der Waals surface area contributed by atoms with Gasteiger partial charge in [0.25, 0.3) is 0 Å². The smallest absolute Gasteiger partial charge is 0.224 e. The quantitative estimate of drug-likeness (QED) is 0.878. The van der Waals surface area contributed by atoms with Crippen LogP contribution in [-0.4, -0.2) is 26.1 Å². The highest BCUT2D eigenvalue weighted by molar-refractivity contribution is 6.32. The number of benzene rings is 1. The molecule has 1 aliphatic heterocycles. The fourth-order valence-electron chi connectivity index (χ4n) is 2.47. The molecule has 5 heteroatoms. The summed E-state index contributed by atoms with van der Waals surface area (Å²) < 4.78 is 5.08. The third-order valence-electron chi connectivity index (χ3n) is 3.67. The van der Waals surface area contributed by atoms with E-state index >= 15 is 0 Å². The van der Waals surface area contributed by atoms with Gasteiger partial charge in [-0.1, -0.05) is 11.6 Å². The lowest BCUT2D eigenvalue weighted by atomic mass is 9.93. The fourth-order valence-corrected chi connectivity index (χ4v) is 2.73. The zero-order chi connectivity index (χ0) is 14.4. The third-order valence-corrected chi connectivity index (χ3v) is 3.97. The number of carbonyl (C=O) groups excluding carboxylic acids is 1. The van der Waals surface area contributed by atoms with Gasteiger partial charge in [-0.15, -0.1) is 0 Å². The Morgan fingerprint density at radius 2 is 2.20 bits per heavy atom. The van der Waals surface area contributed by atoms with E-state index in [4.69, 9.17) is 16.3 Å².